The van der Waals surface area contributed by atoms with Crippen molar-refractivity contribution in [2.75, 3.05) is 19.8 Å². The molecule has 0 bridgehead atoms. The maximum atomic E-state index is 5.91. The van der Waals surface area contributed by atoms with Crippen molar-refractivity contribution in [2.45, 2.75) is 44.7 Å². The molecule has 1 fully saturated rings. The molecule has 0 amide bonds. The fourth-order valence-corrected chi connectivity index (χ4v) is 1.51. The summed E-state index contributed by atoms with van der Waals surface area (Å²) < 4.78 is 5.45. The molecular weight excluding hydrogens is 164 g/mol. The molecule has 1 aliphatic rings. The summed E-state index contributed by atoms with van der Waals surface area (Å²) in [6.07, 6.45) is 2.33. The number of nitrogens with two attached hydrogens (primary N) is 1. The Morgan fingerprint density at radius 2 is 2.23 bits per heavy atom. The van der Waals surface area contributed by atoms with Crippen molar-refractivity contribution in [1.29, 1.82) is 0 Å². The first-order valence-corrected chi connectivity index (χ1v) is 5.03. The summed E-state index contributed by atoms with van der Waals surface area (Å²) in [6.45, 7) is 8.83. The van der Waals surface area contributed by atoms with Crippen LogP contribution in [-0.4, -0.2) is 30.8 Å². The van der Waals surface area contributed by atoms with Gasteiger partial charge in [0.15, 0.2) is 0 Å². The highest BCUT2D eigenvalue weighted by atomic mass is 16.5. The van der Waals surface area contributed by atoms with Crippen LogP contribution in [0.3, 0.4) is 0 Å². The average Bonchev–Trinajstić information content (AvgIpc) is 2.02. The molecule has 0 spiro atoms. The molecule has 78 valence electrons. The molecule has 3 N–H and O–H groups in total. The van der Waals surface area contributed by atoms with Gasteiger partial charge in [-0.05, 0) is 33.6 Å². The standard InChI is InChI=1S/C10H22N2O/c1-9(2,11)7-12-10(3)5-4-6-13-8-10/h12H,4-8,11H2,1-3H3. The molecule has 1 atom stereocenters. The van der Waals surface area contributed by atoms with Gasteiger partial charge < -0.3 is 15.8 Å². The second-order valence-electron chi connectivity index (χ2n) is 5.06. The highest BCUT2D eigenvalue weighted by molar-refractivity contribution is 4.88. The summed E-state index contributed by atoms with van der Waals surface area (Å²) in [5.41, 5.74) is 5.90. The fourth-order valence-electron chi connectivity index (χ4n) is 1.51. The highest BCUT2D eigenvalue weighted by Gasteiger charge is 2.28. The third kappa shape index (κ3) is 4.07. The lowest BCUT2D eigenvalue weighted by Gasteiger charge is -2.36. The predicted molar refractivity (Wildman–Crippen MR) is 54.7 cm³/mol. The van der Waals surface area contributed by atoms with E-state index in [1.54, 1.807) is 0 Å². The quantitative estimate of drug-likeness (QED) is 0.688. The van der Waals surface area contributed by atoms with Crippen molar-refractivity contribution in [2.24, 2.45) is 5.73 Å². The summed E-state index contributed by atoms with van der Waals surface area (Å²) in [6, 6.07) is 0. The zero-order valence-corrected chi connectivity index (χ0v) is 9.02. The van der Waals surface area contributed by atoms with Crippen molar-refractivity contribution < 1.29 is 4.74 Å². The lowest BCUT2D eigenvalue weighted by Crippen LogP contribution is -2.55. The molecule has 0 aromatic carbocycles. The van der Waals surface area contributed by atoms with Gasteiger partial charge in [0.1, 0.15) is 0 Å². The number of rotatable bonds is 3. The van der Waals surface area contributed by atoms with Crippen LogP contribution in [0.4, 0.5) is 0 Å². The monoisotopic (exact) mass is 186 g/mol. The van der Waals surface area contributed by atoms with E-state index in [1.807, 2.05) is 13.8 Å². The summed E-state index contributed by atoms with van der Waals surface area (Å²) in [5, 5.41) is 3.49. The third-order valence-electron chi connectivity index (χ3n) is 2.41. The molecule has 1 unspecified atom stereocenters. The lowest BCUT2D eigenvalue weighted by molar-refractivity contribution is 0.0267. The van der Waals surface area contributed by atoms with Gasteiger partial charge in [0, 0.05) is 24.2 Å². The van der Waals surface area contributed by atoms with Crippen LogP contribution < -0.4 is 11.1 Å². The SMILES string of the molecule is CC(C)(N)CNC1(C)CCCOC1. The van der Waals surface area contributed by atoms with E-state index in [4.69, 9.17) is 10.5 Å². The molecule has 0 aromatic rings. The molecule has 0 radical (unpaired) electrons. The zero-order chi connectivity index (χ0) is 9.95. The molecule has 3 nitrogen and oxygen atoms in total. The summed E-state index contributed by atoms with van der Waals surface area (Å²) in [5.74, 6) is 0. The van der Waals surface area contributed by atoms with E-state index in [0.717, 1.165) is 26.2 Å². The Hall–Kier alpha value is -0.120. The van der Waals surface area contributed by atoms with Crippen LogP contribution in [-0.2, 0) is 4.74 Å². The molecule has 0 aliphatic carbocycles. The topological polar surface area (TPSA) is 47.3 Å². The van der Waals surface area contributed by atoms with Crippen molar-refractivity contribution in [1.82, 2.24) is 5.32 Å². The molecule has 3 heteroatoms. The normalized spacial score (nSPS) is 30.5. The van der Waals surface area contributed by atoms with Gasteiger partial charge in [0.05, 0.1) is 6.61 Å². The van der Waals surface area contributed by atoms with E-state index in [2.05, 4.69) is 12.2 Å². The minimum absolute atomic E-state index is 0.134. The van der Waals surface area contributed by atoms with Crippen molar-refractivity contribution in [3.8, 4) is 0 Å². The number of hydrogen-bond donors (Lipinski definition) is 2. The molecule has 1 heterocycles. The predicted octanol–water partition coefficient (Wildman–Crippen LogP) is 0.882. The van der Waals surface area contributed by atoms with Gasteiger partial charge in [-0.25, -0.2) is 0 Å². The van der Waals surface area contributed by atoms with E-state index in [-0.39, 0.29) is 11.1 Å². The van der Waals surface area contributed by atoms with E-state index in [1.165, 1.54) is 6.42 Å². The van der Waals surface area contributed by atoms with Crippen LogP contribution in [0.25, 0.3) is 0 Å². The molecule has 1 aliphatic heterocycles. The number of nitrogens with one attached hydrogen (secondary N) is 1. The van der Waals surface area contributed by atoms with Crippen LogP contribution >= 0.6 is 0 Å². The minimum Gasteiger partial charge on any atom is -0.380 e. The Balaban J connectivity index is 2.33. The van der Waals surface area contributed by atoms with Crippen molar-refractivity contribution in [3.05, 3.63) is 0 Å². The van der Waals surface area contributed by atoms with Crippen LogP contribution in [0.15, 0.2) is 0 Å². The Kier molecular flexibility index (Phi) is 3.33. The second-order valence-corrected chi connectivity index (χ2v) is 5.06. The second kappa shape index (κ2) is 3.95. The Bertz CT molecular complexity index is 157. The van der Waals surface area contributed by atoms with Crippen LogP contribution in [0.5, 0.6) is 0 Å². The van der Waals surface area contributed by atoms with E-state index < -0.39 is 0 Å². The van der Waals surface area contributed by atoms with Crippen LogP contribution in [0.2, 0.25) is 0 Å². The van der Waals surface area contributed by atoms with Gasteiger partial charge in [0.25, 0.3) is 0 Å². The third-order valence-corrected chi connectivity index (χ3v) is 2.41. The van der Waals surface area contributed by atoms with E-state index in [0.29, 0.717) is 0 Å². The smallest absolute Gasteiger partial charge is 0.0645 e. The number of ether oxygens (including phenoxy) is 1. The molecule has 13 heavy (non-hydrogen) atoms. The molecule has 0 aromatic heterocycles. The maximum absolute atomic E-state index is 5.91. The van der Waals surface area contributed by atoms with Gasteiger partial charge >= 0.3 is 0 Å². The largest absolute Gasteiger partial charge is 0.380 e. The van der Waals surface area contributed by atoms with E-state index in [9.17, 15) is 0 Å². The first kappa shape index (κ1) is 11.0. The van der Waals surface area contributed by atoms with Gasteiger partial charge in [0.2, 0.25) is 0 Å². The van der Waals surface area contributed by atoms with Crippen LogP contribution in [0, 0.1) is 0 Å². The summed E-state index contributed by atoms with van der Waals surface area (Å²) in [7, 11) is 0. The summed E-state index contributed by atoms with van der Waals surface area (Å²) in [4.78, 5) is 0. The van der Waals surface area contributed by atoms with Gasteiger partial charge in [-0.3, -0.25) is 0 Å². The molecule has 1 saturated heterocycles. The zero-order valence-electron chi connectivity index (χ0n) is 9.02. The van der Waals surface area contributed by atoms with Crippen LogP contribution in [0.1, 0.15) is 33.6 Å². The number of hydrogen-bond acceptors (Lipinski definition) is 3. The molecular formula is C10H22N2O. The summed E-state index contributed by atoms with van der Waals surface area (Å²) >= 11 is 0. The maximum Gasteiger partial charge on any atom is 0.0645 e. The average molecular weight is 186 g/mol. The Labute approximate surface area is 81.0 Å². The first-order valence-electron chi connectivity index (χ1n) is 5.03. The molecule has 1 rings (SSSR count). The Morgan fingerprint density at radius 3 is 2.69 bits per heavy atom. The van der Waals surface area contributed by atoms with Gasteiger partial charge in [-0.1, -0.05) is 0 Å². The van der Waals surface area contributed by atoms with Crippen molar-refractivity contribution >= 4 is 0 Å². The van der Waals surface area contributed by atoms with Gasteiger partial charge in [-0.2, -0.15) is 0 Å². The van der Waals surface area contributed by atoms with Crippen molar-refractivity contribution in [3.63, 3.8) is 0 Å². The first-order chi connectivity index (χ1) is 5.91. The minimum atomic E-state index is -0.138. The lowest BCUT2D eigenvalue weighted by atomic mass is 9.93. The van der Waals surface area contributed by atoms with E-state index >= 15 is 0 Å². The fraction of sp³-hybridized carbons (Fsp3) is 1.00. The Morgan fingerprint density at radius 1 is 1.54 bits per heavy atom. The highest BCUT2D eigenvalue weighted by Crippen LogP contribution is 2.18. The van der Waals surface area contributed by atoms with Gasteiger partial charge in [-0.15, -0.1) is 0 Å². The molecule has 0 saturated carbocycles.